The first-order valence-electron chi connectivity index (χ1n) is 10.0. The molecule has 0 fully saturated rings. The van der Waals surface area contributed by atoms with E-state index in [1.807, 2.05) is 33.0 Å². The molecule has 3 heterocycles. The van der Waals surface area contributed by atoms with E-state index in [0.29, 0.717) is 42.6 Å². The molecular formula is C21H30N6O2. The molecule has 2 aliphatic heterocycles. The number of aromatic nitrogens is 3. The second-order valence-electron chi connectivity index (χ2n) is 7.47. The van der Waals surface area contributed by atoms with Crippen molar-refractivity contribution in [2.75, 3.05) is 39.9 Å². The third kappa shape index (κ3) is 4.89. The average molecular weight is 399 g/mol. The number of rotatable bonds is 5. The van der Waals surface area contributed by atoms with Gasteiger partial charge in [0.05, 0.1) is 31.0 Å². The van der Waals surface area contributed by atoms with Crippen LogP contribution >= 0.6 is 0 Å². The van der Waals surface area contributed by atoms with Gasteiger partial charge in [0.25, 0.3) is 5.91 Å². The van der Waals surface area contributed by atoms with Gasteiger partial charge in [-0.2, -0.15) is 4.68 Å². The molecule has 0 radical (unpaired) electrons. The van der Waals surface area contributed by atoms with Gasteiger partial charge >= 0.3 is 0 Å². The zero-order valence-corrected chi connectivity index (χ0v) is 17.7. The number of nitrogens with two attached hydrogens (primary N) is 1. The van der Waals surface area contributed by atoms with Gasteiger partial charge in [-0.05, 0) is 45.4 Å². The molecule has 8 nitrogen and oxygen atoms in total. The van der Waals surface area contributed by atoms with E-state index < -0.39 is 0 Å². The van der Waals surface area contributed by atoms with Crippen molar-refractivity contribution in [1.82, 2.24) is 19.7 Å². The summed E-state index contributed by atoms with van der Waals surface area (Å²) in [5.74, 6) is 0.863. The lowest BCUT2D eigenvalue weighted by Gasteiger charge is -2.21. The van der Waals surface area contributed by atoms with Crippen LogP contribution in [0.4, 0.5) is 0 Å². The van der Waals surface area contributed by atoms with E-state index >= 15 is 0 Å². The molecule has 0 saturated heterocycles. The molecule has 1 aromatic heterocycles. The topological polar surface area (TPSA) is 98.6 Å². The van der Waals surface area contributed by atoms with E-state index in [9.17, 15) is 4.79 Å². The maximum Gasteiger partial charge on any atom is 0.281 e. The summed E-state index contributed by atoms with van der Waals surface area (Å²) in [6.07, 6.45) is 5.23. The SMILES string of the molecule is CC/C(C)=C(C(=O)n1nc(C2=CCOCC2)nc1C)\C(N)=C\C1=NCCN(C)C1. The molecule has 0 atom stereocenters. The predicted molar refractivity (Wildman–Crippen MR) is 114 cm³/mol. The summed E-state index contributed by atoms with van der Waals surface area (Å²) in [6.45, 7) is 9.28. The molecular weight excluding hydrogens is 368 g/mol. The Morgan fingerprint density at radius 3 is 2.86 bits per heavy atom. The quantitative estimate of drug-likeness (QED) is 0.602. The van der Waals surface area contributed by atoms with Crippen molar-refractivity contribution in [1.29, 1.82) is 0 Å². The van der Waals surface area contributed by atoms with Crippen LogP contribution in [0.3, 0.4) is 0 Å². The van der Waals surface area contributed by atoms with Crippen molar-refractivity contribution in [3.8, 4) is 0 Å². The molecule has 8 heteroatoms. The minimum atomic E-state index is -0.258. The number of carbonyl (C=O) groups excluding carboxylic acids is 1. The van der Waals surface area contributed by atoms with Crippen molar-refractivity contribution in [2.45, 2.75) is 33.6 Å². The van der Waals surface area contributed by atoms with E-state index in [0.717, 1.165) is 42.9 Å². The summed E-state index contributed by atoms with van der Waals surface area (Å²) in [6, 6.07) is 0. The summed E-state index contributed by atoms with van der Waals surface area (Å²) in [5, 5.41) is 4.49. The van der Waals surface area contributed by atoms with Gasteiger partial charge in [-0.3, -0.25) is 14.7 Å². The predicted octanol–water partition coefficient (Wildman–Crippen LogP) is 1.99. The van der Waals surface area contributed by atoms with Crippen molar-refractivity contribution in [2.24, 2.45) is 10.7 Å². The van der Waals surface area contributed by atoms with E-state index in [2.05, 4.69) is 20.0 Å². The molecule has 3 rings (SSSR count). The number of nitrogens with zero attached hydrogens (tertiary/aromatic N) is 5. The van der Waals surface area contributed by atoms with Gasteiger partial charge in [0.15, 0.2) is 5.82 Å². The molecule has 0 spiro atoms. The number of allylic oxidation sites excluding steroid dienone is 2. The second-order valence-corrected chi connectivity index (χ2v) is 7.47. The standard InChI is InChI=1S/C21H30N6O2/c1-5-14(2)19(18(22)12-17-13-26(4)9-8-23-17)21(28)27-15(3)24-20(25-27)16-6-10-29-11-7-16/h6,12H,5,7-11,13,22H2,1-4H3/b18-12-,19-14+. The number of aryl methyl sites for hydroxylation is 1. The van der Waals surface area contributed by atoms with E-state index in [1.54, 1.807) is 6.92 Å². The van der Waals surface area contributed by atoms with Crippen LogP contribution in [-0.2, 0) is 4.74 Å². The third-order valence-corrected chi connectivity index (χ3v) is 5.22. The van der Waals surface area contributed by atoms with Gasteiger partial charge in [0.2, 0.25) is 0 Å². The van der Waals surface area contributed by atoms with Gasteiger partial charge in [-0.15, -0.1) is 5.10 Å². The molecule has 0 bridgehead atoms. The van der Waals surface area contributed by atoms with Crippen molar-refractivity contribution < 1.29 is 9.53 Å². The van der Waals surface area contributed by atoms with E-state index in [1.165, 1.54) is 4.68 Å². The molecule has 0 aromatic carbocycles. The summed E-state index contributed by atoms with van der Waals surface area (Å²) in [4.78, 5) is 24.6. The summed E-state index contributed by atoms with van der Waals surface area (Å²) in [7, 11) is 2.04. The maximum absolute atomic E-state index is 13.4. The highest BCUT2D eigenvalue weighted by atomic mass is 16.5. The second kappa shape index (κ2) is 9.28. The Balaban J connectivity index is 1.94. The molecule has 0 amide bonds. The van der Waals surface area contributed by atoms with Crippen LogP contribution in [0.25, 0.3) is 5.57 Å². The lowest BCUT2D eigenvalue weighted by molar-refractivity contribution is 0.0938. The molecule has 1 aromatic rings. The van der Waals surface area contributed by atoms with Crippen molar-refractivity contribution in [3.05, 3.63) is 40.6 Å². The first-order valence-corrected chi connectivity index (χ1v) is 10.0. The molecule has 0 saturated carbocycles. The number of carbonyl (C=O) groups is 1. The van der Waals surface area contributed by atoms with Gasteiger partial charge in [0.1, 0.15) is 5.82 Å². The van der Waals surface area contributed by atoms with Gasteiger partial charge in [-0.25, -0.2) is 4.98 Å². The lowest BCUT2D eigenvalue weighted by atomic mass is 10.0. The fourth-order valence-electron chi connectivity index (χ4n) is 3.40. The fraction of sp³-hybridized carbons (Fsp3) is 0.524. The van der Waals surface area contributed by atoms with Crippen LogP contribution in [0.15, 0.2) is 34.0 Å². The van der Waals surface area contributed by atoms with Crippen LogP contribution < -0.4 is 5.73 Å². The lowest BCUT2D eigenvalue weighted by Crippen LogP contribution is -2.33. The minimum Gasteiger partial charge on any atom is -0.398 e. The first kappa shape index (κ1) is 21.1. The van der Waals surface area contributed by atoms with E-state index in [-0.39, 0.29) is 5.91 Å². The molecule has 156 valence electrons. The Hall–Kier alpha value is -2.58. The smallest absolute Gasteiger partial charge is 0.281 e. The number of aliphatic imine (C=N–C) groups is 1. The van der Waals surface area contributed by atoms with Crippen LogP contribution in [0.1, 0.15) is 43.1 Å². The fourth-order valence-corrected chi connectivity index (χ4v) is 3.40. The third-order valence-electron chi connectivity index (χ3n) is 5.22. The van der Waals surface area contributed by atoms with Crippen LogP contribution in [0.5, 0.6) is 0 Å². The summed E-state index contributed by atoms with van der Waals surface area (Å²) < 4.78 is 6.71. The highest BCUT2D eigenvalue weighted by molar-refractivity contribution is 6.04. The Morgan fingerprint density at radius 2 is 2.21 bits per heavy atom. The molecule has 29 heavy (non-hydrogen) atoms. The molecule has 2 N–H and O–H groups in total. The highest BCUT2D eigenvalue weighted by Gasteiger charge is 2.23. The maximum atomic E-state index is 13.4. The molecule has 0 aliphatic carbocycles. The Labute approximate surface area is 171 Å². The Morgan fingerprint density at radius 1 is 1.41 bits per heavy atom. The van der Waals surface area contributed by atoms with Crippen LogP contribution in [0.2, 0.25) is 0 Å². The number of likely N-dealkylation sites (N-methyl/N-ethyl adjacent to an activating group) is 1. The number of hydrogen-bond acceptors (Lipinski definition) is 7. The molecule has 2 aliphatic rings. The van der Waals surface area contributed by atoms with E-state index in [4.69, 9.17) is 10.5 Å². The monoisotopic (exact) mass is 398 g/mol. The zero-order chi connectivity index (χ0) is 21.0. The average Bonchev–Trinajstić information content (AvgIpc) is 3.10. The largest absolute Gasteiger partial charge is 0.398 e. The Kier molecular flexibility index (Phi) is 6.76. The Bertz CT molecular complexity index is 906. The molecule has 0 unspecified atom stereocenters. The van der Waals surface area contributed by atoms with Crippen molar-refractivity contribution in [3.63, 3.8) is 0 Å². The first-order chi connectivity index (χ1) is 13.9. The van der Waals surface area contributed by atoms with Crippen molar-refractivity contribution >= 4 is 17.2 Å². The minimum absolute atomic E-state index is 0.258. The van der Waals surface area contributed by atoms with Crippen LogP contribution in [-0.4, -0.2) is 71.2 Å². The number of hydrogen-bond donors (Lipinski definition) is 1. The van der Waals surface area contributed by atoms with Gasteiger partial charge in [0, 0.05) is 18.8 Å². The summed E-state index contributed by atoms with van der Waals surface area (Å²) >= 11 is 0. The summed E-state index contributed by atoms with van der Waals surface area (Å²) in [5.41, 5.74) is 10.1. The normalized spacial score (nSPS) is 19.5. The number of ether oxygens (including phenoxy) is 1. The highest BCUT2D eigenvalue weighted by Crippen LogP contribution is 2.21. The van der Waals surface area contributed by atoms with Gasteiger partial charge < -0.3 is 10.5 Å². The zero-order valence-electron chi connectivity index (χ0n) is 17.7. The van der Waals surface area contributed by atoms with Crippen LogP contribution in [0, 0.1) is 6.92 Å². The van der Waals surface area contributed by atoms with Gasteiger partial charge in [-0.1, -0.05) is 18.6 Å².